The van der Waals surface area contributed by atoms with Crippen LogP contribution in [0.25, 0.3) is 67.2 Å². The third-order valence-electron chi connectivity index (χ3n) is 6.57. The normalized spacial score (nSPS) is 11.3. The van der Waals surface area contributed by atoms with Crippen LogP contribution in [0, 0.1) is 0 Å². The smallest absolute Gasteiger partial charge is 0.164 e. The SMILES string of the molecule is Brc1cc(-c2nc(-c3ccccc3)nc(-c3ccccc3)n2)cc(-c2cccc3c2oc2ccccc23)c1. The molecule has 0 N–H and O–H groups in total. The van der Waals surface area contributed by atoms with E-state index in [-0.39, 0.29) is 0 Å². The first-order chi connectivity index (χ1) is 18.7. The Balaban J connectivity index is 1.43. The van der Waals surface area contributed by atoms with E-state index in [2.05, 4.69) is 52.3 Å². The summed E-state index contributed by atoms with van der Waals surface area (Å²) in [7, 11) is 0. The minimum absolute atomic E-state index is 0.608. The maximum absolute atomic E-state index is 6.32. The molecule has 0 fully saturated rings. The van der Waals surface area contributed by atoms with E-state index in [9.17, 15) is 0 Å². The van der Waals surface area contributed by atoms with Gasteiger partial charge in [0.1, 0.15) is 11.2 Å². The summed E-state index contributed by atoms with van der Waals surface area (Å²) in [5.74, 6) is 1.88. The quantitative estimate of drug-likeness (QED) is 0.218. The summed E-state index contributed by atoms with van der Waals surface area (Å²) in [5.41, 5.74) is 6.54. The molecular weight excluding hydrogens is 534 g/mol. The van der Waals surface area contributed by atoms with Crippen LogP contribution in [0.2, 0.25) is 0 Å². The van der Waals surface area contributed by atoms with Crippen LogP contribution in [-0.2, 0) is 0 Å². The molecule has 0 bridgehead atoms. The summed E-state index contributed by atoms with van der Waals surface area (Å²) in [6, 6.07) is 40.7. The fourth-order valence-electron chi connectivity index (χ4n) is 4.79. The third-order valence-corrected chi connectivity index (χ3v) is 7.03. The lowest BCUT2D eigenvalue weighted by Gasteiger charge is -2.10. The Bertz CT molecular complexity index is 1870. The van der Waals surface area contributed by atoms with Crippen molar-refractivity contribution in [2.45, 2.75) is 0 Å². The molecule has 0 amide bonds. The number of nitrogens with zero attached hydrogens (tertiary/aromatic N) is 3. The van der Waals surface area contributed by atoms with Crippen molar-refractivity contribution in [3.8, 4) is 45.3 Å². The van der Waals surface area contributed by atoms with E-state index in [0.29, 0.717) is 17.5 Å². The Morgan fingerprint density at radius 1 is 0.474 bits per heavy atom. The van der Waals surface area contributed by atoms with Crippen molar-refractivity contribution >= 4 is 37.9 Å². The van der Waals surface area contributed by atoms with E-state index >= 15 is 0 Å². The fraction of sp³-hybridized carbons (Fsp3) is 0. The fourth-order valence-corrected chi connectivity index (χ4v) is 5.28. The van der Waals surface area contributed by atoms with Gasteiger partial charge in [0.2, 0.25) is 0 Å². The summed E-state index contributed by atoms with van der Waals surface area (Å²) < 4.78 is 7.25. The third kappa shape index (κ3) is 4.07. The molecule has 0 aliphatic heterocycles. The maximum Gasteiger partial charge on any atom is 0.164 e. The van der Waals surface area contributed by atoms with E-state index in [1.54, 1.807) is 0 Å². The van der Waals surface area contributed by atoms with E-state index in [1.807, 2.05) is 84.9 Å². The highest BCUT2D eigenvalue weighted by molar-refractivity contribution is 9.10. The minimum atomic E-state index is 0.608. The zero-order valence-electron chi connectivity index (χ0n) is 20.2. The van der Waals surface area contributed by atoms with Crippen LogP contribution in [0.3, 0.4) is 0 Å². The van der Waals surface area contributed by atoms with Gasteiger partial charge in [-0.1, -0.05) is 113 Å². The second-order valence-electron chi connectivity index (χ2n) is 9.05. The molecule has 0 atom stereocenters. The van der Waals surface area contributed by atoms with Gasteiger partial charge >= 0.3 is 0 Å². The molecule has 5 aromatic carbocycles. The molecule has 0 aliphatic rings. The van der Waals surface area contributed by atoms with Crippen LogP contribution in [0.5, 0.6) is 0 Å². The van der Waals surface area contributed by atoms with Crippen LogP contribution in [0.15, 0.2) is 130 Å². The van der Waals surface area contributed by atoms with Crippen molar-refractivity contribution in [2.75, 3.05) is 0 Å². The maximum atomic E-state index is 6.32. The number of rotatable bonds is 4. The summed E-state index contributed by atoms with van der Waals surface area (Å²) in [4.78, 5) is 14.6. The summed E-state index contributed by atoms with van der Waals surface area (Å²) in [6.45, 7) is 0. The zero-order chi connectivity index (χ0) is 25.5. The highest BCUT2D eigenvalue weighted by Crippen LogP contribution is 2.38. The van der Waals surface area contributed by atoms with Gasteiger partial charge in [-0.05, 0) is 29.8 Å². The lowest BCUT2D eigenvalue weighted by atomic mass is 10.00. The van der Waals surface area contributed by atoms with Crippen LogP contribution in [-0.4, -0.2) is 15.0 Å². The van der Waals surface area contributed by atoms with E-state index in [1.165, 1.54) is 0 Å². The van der Waals surface area contributed by atoms with Gasteiger partial charge in [0.05, 0.1) is 0 Å². The van der Waals surface area contributed by atoms with Gasteiger partial charge in [-0.25, -0.2) is 15.0 Å². The van der Waals surface area contributed by atoms with Gasteiger partial charge in [0, 0.05) is 37.5 Å². The van der Waals surface area contributed by atoms with Crippen LogP contribution < -0.4 is 0 Å². The number of fused-ring (bicyclic) bond motifs is 3. The number of para-hydroxylation sites is 2. The van der Waals surface area contributed by atoms with Crippen molar-refractivity contribution in [1.29, 1.82) is 0 Å². The highest BCUT2D eigenvalue weighted by Gasteiger charge is 2.16. The first-order valence-electron chi connectivity index (χ1n) is 12.3. The van der Waals surface area contributed by atoms with Crippen LogP contribution >= 0.6 is 15.9 Å². The molecule has 0 saturated carbocycles. The second-order valence-corrected chi connectivity index (χ2v) is 9.96. The molecule has 0 unspecified atom stereocenters. The molecule has 2 aromatic heterocycles. The Kier molecular flexibility index (Phi) is 5.56. The first-order valence-corrected chi connectivity index (χ1v) is 13.1. The molecule has 2 heterocycles. The van der Waals surface area contributed by atoms with Gasteiger partial charge in [-0.3, -0.25) is 0 Å². The summed E-state index contributed by atoms with van der Waals surface area (Å²) in [5, 5.41) is 2.20. The Morgan fingerprint density at radius 2 is 1.03 bits per heavy atom. The highest BCUT2D eigenvalue weighted by atomic mass is 79.9. The van der Waals surface area contributed by atoms with Gasteiger partial charge in [-0.2, -0.15) is 0 Å². The lowest BCUT2D eigenvalue weighted by Crippen LogP contribution is -2.00. The van der Waals surface area contributed by atoms with E-state index in [4.69, 9.17) is 19.4 Å². The average Bonchev–Trinajstić information content (AvgIpc) is 3.36. The molecule has 0 aliphatic carbocycles. The first kappa shape index (κ1) is 22.6. The molecule has 0 saturated heterocycles. The number of hydrogen-bond acceptors (Lipinski definition) is 4. The summed E-state index contributed by atoms with van der Waals surface area (Å²) >= 11 is 3.73. The summed E-state index contributed by atoms with van der Waals surface area (Å²) in [6.07, 6.45) is 0. The predicted octanol–water partition coefficient (Wildman–Crippen LogP) is 9.20. The van der Waals surface area contributed by atoms with Crippen molar-refractivity contribution in [3.63, 3.8) is 0 Å². The molecule has 5 heteroatoms. The lowest BCUT2D eigenvalue weighted by molar-refractivity contribution is 0.670. The number of halogens is 1. The van der Waals surface area contributed by atoms with Crippen LogP contribution in [0.1, 0.15) is 0 Å². The van der Waals surface area contributed by atoms with Gasteiger partial charge < -0.3 is 4.42 Å². The van der Waals surface area contributed by atoms with E-state index < -0.39 is 0 Å². The van der Waals surface area contributed by atoms with Crippen molar-refractivity contribution in [2.24, 2.45) is 0 Å². The Morgan fingerprint density at radius 3 is 1.71 bits per heavy atom. The van der Waals surface area contributed by atoms with Crippen molar-refractivity contribution in [1.82, 2.24) is 15.0 Å². The molecular formula is C33H20BrN3O. The molecule has 7 rings (SSSR count). The number of benzene rings is 5. The molecule has 38 heavy (non-hydrogen) atoms. The van der Waals surface area contributed by atoms with Crippen molar-refractivity contribution in [3.05, 3.63) is 126 Å². The second kappa shape index (κ2) is 9.36. The number of furan rings is 1. The van der Waals surface area contributed by atoms with Gasteiger partial charge in [-0.15, -0.1) is 0 Å². The molecule has 0 spiro atoms. The topological polar surface area (TPSA) is 51.8 Å². The van der Waals surface area contributed by atoms with Gasteiger partial charge in [0.25, 0.3) is 0 Å². The van der Waals surface area contributed by atoms with Crippen LogP contribution in [0.4, 0.5) is 0 Å². The van der Waals surface area contributed by atoms with E-state index in [0.717, 1.165) is 54.2 Å². The Labute approximate surface area is 227 Å². The zero-order valence-corrected chi connectivity index (χ0v) is 21.8. The predicted molar refractivity (Wildman–Crippen MR) is 157 cm³/mol. The molecule has 7 aromatic rings. The number of aromatic nitrogens is 3. The average molecular weight is 554 g/mol. The molecule has 180 valence electrons. The monoisotopic (exact) mass is 553 g/mol. The molecule has 0 radical (unpaired) electrons. The largest absolute Gasteiger partial charge is 0.455 e. The number of hydrogen-bond donors (Lipinski definition) is 0. The standard InChI is InChI=1S/C33H20BrN3O/c34-25-19-23(26-15-9-16-28-27-14-7-8-17-29(27)38-30(26)28)18-24(20-25)33-36-31(21-10-3-1-4-11-21)35-32(37-33)22-12-5-2-6-13-22/h1-20H. The van der Waals surface area contributed by atoms with Gasteiger partial charge in [0.15, 0.2) is 17.5 Å². The Hall–Kier alpha value is -4.61. The minimum Gasteiger partial charge on any atom is -0.455 e. The van der Waals surface area contributed by atoms with Crippen molar-refractivity contribution < 1.29 is 4.42 Å². The molecule has 4 nitrogen and oxygen atoms in total.